The number of benzene rings is 1. The summed E-state index contributed by atoms with van der Waals surface area (Å²) in [4.78, 5) is 0. The Balaban J connectivity index is 1.77. The van der Waals surface area contributed by atoms with Gasteiger partial charge in [0.2, 0.25) is 0 Å². The van der Waals surface area contributed by atoms with E-state index in [1.54, 1.807) is 7.11 Å². The number of anilines is 1. The highest BCUT2D eigenvalue weighted by molar-refractivity contribution is 5.77. The van der Waals surface area contributed by atoms with Gasteiger partial charge in [-0.05, 0) is 55.2 Å². The third kappa shape index (κ3) is 6.06. The lowest BCUT2D eigenvalue weighted by Crippen LogP contribution is -2.33. The van der Waals surface area contributed by atoms with Crippen LogP contribution >= 0.6 is 0 Å². The Hall–Kier alpha value is -1.36. The van der Waals surface area contributed by atoms with Crippen molar-refractivity contribution in [2.75, 3.05) is 25.3 Å². The zero-order chi connectivity index (χ0) is 19.1. The first kappa shape index (κ1) is 20.4. The summed E-state index contributed by atoms with van der Waals surface area (Å²) in [5.41, 5.74) is 4.93. The molecule has 0 aromatic heterocycles. The molecule has 4 nitrogen and oxygen atoms in total. The molecule has 4 heteroatoms. The van der Waals surface area contributed by atoms with Crippen LogP contribution in [-0.2, 0) is 11.3 Å². The summed E-state index contributed by atoms with van der Waals surface area (Å²) in [6.07, 6.45) is 11.4. The summed E-state index contributed by atoms with van der Waals surface area (Å²) >= 11 is 0. The number of ether oxygens (including phenoxy) is 1. The van der Waals surface area contributed by atoms with Crippen LogP contribution in [0.4, 0.5) is 5.69 Å². The second-order valence-electron chi connectivity index (χ2n) is 8.26. The van der Waals surface area contributed by atoms with Crippen molar-refractivity contribution in [2.24, 2.45) is 11.8 Å². The Morgan fingerprint density at radius 2 is 1.93 bits per heavy atom. The van der Waals surface area contributed by atoms with Gasteiger partial charge in [-0.1, -0.05) is 44.4 Å². The van der Waals surface area contributed by atoms with Gasteiger partial charge in [0.15, 0.2) is 0 Å². The van der Waals surface area contributed by atoms with Gasteiger partial charge in [0.25, 0.3) is 0 Å². The summed E-state index contributed by atoms with van der Waals surface area (Å²) in [6, 6.07) is 7.48. The number of nitrogens with zero attached hydrogens (tertiary/aromatic N) is 1. The second kappa shape index (κ2) is 10.3. The van der Waals surface area contributed by atoms with E-state index in [0.717, 1.165) is 31.8 Å². The van der Waals surface area contributed by atoms with E-state index in [9.17, 15) is 0 Å². The average molecular weight is 372 g/mol. The van der Waals surface area contributed by atoms with E-state index in [1.165, 1.54) is 68.1 Å². The van der Waals surface area contributed by atoms with Crippen molar-refractivity contribution in [3.8, 4) is 0 Å². The van der Waals surface area contributed by atoms with Gasteiger partial charge in [0, 0.05) is 38.4 Å². The monoisotopic (exact) mass is 371 g/mol. The summed E-state index contributed by atoms with van der Waals surface area (Å²) in [5.74, 6) is 7.08. The van der Waals surface area contributed by atoms with Crippen molar-refractivity contribution in [3.63, 3.8) is 0 Å². The molecule has 0 amide bonds. The minimum absolute atomic E-state index is 0.592. The Morgan fingerprint density at radius 3 is 2.59 bits per heavy atom. The molecule has 1 aromatic carbocycles. The smallest absolute Gasteiger partial charge is 0.0595 e. The topological polar surface area (TPSA) is 50.5 Å². The lowest BCUT2D eigenvalue weighted by Gasteiger charge is -2.26. The van der Waals surface area contributed by atoms with E-state index in [4.69, 9.17) is 10.6 Å². The standard InChI is InChI=1S/C23H37N3O/c1-18(20-8-5-3-4-6-9-20)22-13-10-19(17-25-21-11-12-21)16-23(22)26(24)14-7-15-27-2/h10,13,16,20-21,25H,1,3-9,11-12,14-15,17,24H2,2H3. The fourth-order valence-corrected chi connectivity index (χ4v) is 4.09. The van der Waals surface area contributed by atoms with Gasteiger partial charge >= 0.3 is 0 Å². The van der Waals surface area contributed by atoms with Crippen molar-refractivity contribution in [2.45, 2.75) is 70.4 Å². The second-order valence-corrected chi connectivity index (χ2v) is 8.26. The van der Waals surface area contributed by atoms with Gasteiger partial charge in [-0.15, -0.1) is 0 Å². The van der Waals surface area contributed by atoms with Crippen LogP contribution in [0.3, 0.4) is 0 Å². The number of hydrogen-bond acceptors (Lipinski definition) is 4. The number of nitrogens with one attached hydrogen (secondary N) is 1. The van der Waals surface area contributed by atoms with Crippen LogP contribution in [0.1, 0.15) is 68.9 Å². The fourth-order valence-electron chi connectivity index (χ4n) is 4.09. The van der Waals surface area contributed by atoms with E-state index in [-0.39, 0.29) is 0 Å². The maximum absolute atomic E-state index is 6.49. The molecular formula is C23H37N3O. The molecule has 1 aromatic rings. The number of rotatable bonds is 10. The van der Waals surface area contributed by atoms with Crippen LogP contribution in [0, 0.1) is 5.92 Å². The number of nitrogens with two attached hydrogens (primary N) is 1. The third-order valence-electron chi connectivity index (χ3n) is 5.99. The van der Waals surface area contributed by atoms with Gasteiger partial charge in [-0.25, -0.2) is 5.84 Å². The summed E-state index contributed by atoms with van der Waals surface area (Å²) in [7, 11) is 1.74. The van der Waals surface area contributed by atoms with Crippen LogP contribution in [0.2, 0.25) is 0 Å². The molecule has 2 saturated carbocycles. The highest BCUT2D eigenvalue weighted by Gasteiger charge is 2.22. The number of methoxy groups -OCH3 is 1. The predicted molar refractivity (Wildman–Crippen MR) is 115 cm³/mol. The first-order valence-electron chi connectivity index (χ1n) is 10.8. The molecule has 27 heavy (non-hydrogen) atoms. The zero-order valence-electron chi connectivity index (χ0n) is 17.0. The normalized spacial score (nSPS) is 18.3. The third-order valence-corrected chi connectivity index (χ3v) is 5.99. The average Bonchev–Trinajstić information content (AvgIpc) is 3.52. The molecule has 2 fully saturated rings. The molecule has 3 rings (SSSR count). The first-order valence-corrected chi connectivity index (χ1v) is 10.8. The molecule has 0 heterocycles. The fraction of sp³-hybridized carbons (Fsp3) is 0.652. The summed E-state index contributed by atoms with van der Waals surface area (Å²) < 4.78 is 5.20. The molecular weight excluding hydrogens is 334 g/mol. The maximum Gasteiger partial charge on any atom is 0.0595 e. The van der Waals surface area contributed by atoms with Crippen molar-refractivity contribution in [1.82, 2.24) is 5.32 Å². The number of hydrazine groups is 1. The molecule has 2 aliphatic carbocycles. The Labute approximate surface area is 165 Å². The van der Waals surface area contributed by atoms with Gasteiger partial charge in [-0.2, -0.15) is 0 Å². The van der Waals surface area contributed by atoms with Crippen LogP contribution in [0.15, 0.2) is 24.8 Å². The van der Waals surface area contributed by atoms with E-state index in [2.05, 4.69) is 30.1 Å². The number of hydrogen-bond donors (Lipinski definition) is 2. The molecule has 0 aliphatic heterocycles. The zero-order valence-corrected chi connectivity index (χ0v) is 17.0. The van der Waals surface area contributed by atoms with Crippen molar-refractivity contribution in [3.05, 3.63) is 35.9 Å². The summed E-state index contributed by atoms with van der Waals surface area (Å²) in [6.45, 7) is 6.96. The summed E-state index contributed by atoms with van der Waals surface area (Å²) in [5, 5.41) is 5.51. The lowest BCUT2D eigenvalue weighted by atomic mass is 9.86. The molecule has 0 spiro atoms. The van der Waals surface area contributed by atoms with Crippen molar-refractivity contribution in [1.29, 1.82) is 0 Å². The Kier molecular flexibility index (Phi) is 7.74. The maximum atomic E-state index is 6.49. The molecule has 0 unspecified atom stereocenters. The first-order chi connectivity index (χ1) is 13.2. The molecule has 0 atom stereocenters. The molecule has 0 saturated heterocycles. The van der Waals surface area contributed by atoms with E-state index in [1.807, 2.05) is 5.01 Å². The number of allylic oxidation sites excluding steroid dienone is 1. The van der Waals surface area contributed by atoms with Crippen molar-refractivity contribution < 1.29 is 4.74 Å². The minimum Gasteiger partial charge on any atom is -0.385 e. The van der Waals surface area contributed by atoms with Crippen LogP contribution in [0.25, 0.3) is 5.57 Å². The minimum atomic E-state index is 0.592. The molecule has 150 valence electrons. The van der Waals surface area contributed by atoms with Gasteiger partial charge in [-0.3, -0.25) is 0 Å². The van der Waals surface area contributed by atoms with Crippen LogP contribution in [-0.4, -0.2) is 26.3 Å². The highest BCUT2D eigenvalue weighted by Crippen LogP contribution is 2.37. The van der Waals surface area contributed by atoms with Gasteiger partial charge in [0.05, 0.1) is 5.69 Å². The van der Waals surface area contributed by atoms with Gasteiger partial charge < -0.3 is 15.1 Å². The Morgan fingerprint density at radius 1 is 1.19 bits per heavy atom. The molecule has 2 aliphatic rings. The van der Waals surface area contributed by atoms with E-state index >= 15 is 0 Å². The predicted octanol–water partition coefficient (Wildman–Crippen LogP) is 4.64. The molecule has 0 radical (unpaired) electrons. The van der Waals surface area contributed by atoms with Gasteiger partial charge in [0.1, 0.15) is 0 Å². The Bertz CT molecular complexity index is 604. The highest BCUT2D eigenvalue weighted by atomic mass is 16.5. The van der Waals surface area contributed by atoms with Crippen molar-refractivity contribution >= 4 is 11.3 Å². The lowest BCUT2D eigenvalue weighted by molar-refractivity contribution is 0.196. The van der Waals surface area contributed by atoms with E-state index < -0.39 is 0 Å². The SMILES string of the molecule is C=C(c1ccc(CNC2CC2)cc1N(N)CCCOC)C1CCCCCC1. The largest absolute Gasteiger partial charge is 0.385 e. The van der Waals surface area contributed by atoms with Crippen LogP contribution in [0.5, 0.6) is 0 Å². The van der Waals surface area contributed by atoms with E-state index in [0.29, 0.717) is 12.0 Å². The molecule has 0 bridgehead atoms. The molecule has 3 N–H and O–H groups in total. The quantitative estimate of drug-likeness (QED) is 0.272. The van der Waals surface area contributed by atoms with Crippen LogP contribution < -0.4 is 16.2 Å².